The average Bonchev–Trinajstić information content (AvgIpc) is 2.02. The second-order valence-corrected chi connectivity index (χ2v) is 3.72. The number of hydrogen-bond acceptors (Lipinski definition) is 1. The molecule has 1 heteroatoms. The standard InChI is InChI=1S/C12H19N/c1-6-8-9-10-11-13(7-2)12(3,4)5/h6-11H,1-2H2,3-5H3/b9-8-,11-10-. The van der Waals surface area contributed by atoms with Crippen molar-refractivity contribution in [3.05, 3.63) is 49.9 Å². The van der Waals surface area contributed by atoms with Gasteiger partial charge in [-0.05, 0) is 33.0 Å². The molecule has 0 aromatic rings. The van der Waals surface area contributed by atoms with Gasteiger partial charge in [0.25, 0.3) is 0 Å². The molecule has 0 atom stereocenters. The minimum atomic E-state index is 0.0836. The first-order chi connectivity index (χ1) is 6.02. The van der Waals surface area contributed by atoms with Crippen LogP contribution in [0.4, 0.5) is 0 Å². The highest BCUT2D eigenvalue weighted by Gasteiger charge is 2.13. The summed E-state index contributed by atoms with van der Waals surface area (Å²) in [5, 5.41) is 0. The maximum atomic E-state index is 3.76. The fourth-order valence-corrected chi connectivity index (χ4v) is 0.843. The van der Waals surface area contributed by atoms with Gasteiger partial charge in [-0.25, -0.2) is 0 Å². The van der Waals surface area contributed by atoms with E-state index in [-0.39, 0.29) is 5.54 Å². The van der Waals surface area contributed by atoms with Crippen LogP contribution in [0.1, 0.15) is 20.8 Å². The van der Waals surface area contributed by atoms with Crippen LogP contribution >= 0.6 is 0 Å². The molecule has 1 nitrogen and oxygen atoms in total. The summed E-state index contributed by atoms with van der Waals surface area (Å²) >= 11 is 0. The molecule has 0 bridgehead atoms. The van der Waals surface area contributed by atoms with Crippen molar-refractivity contribution >= 4 is 0 Å². The first kappa shape index (κ1) is 11.8. The van der Waals surface area contributed by atoms with Crippen molar-refractivity contribution in [1.82, 2.24) is 4.90 Å². The van der Waals surface area contributed by atoms with E-state index in [1.165, 1.54) is 0 Å². The van der Waals surface area contributed by atoms with Gasteiger partial charge in [0.05, 0.1) is 0 Å². The van der Waals surface area contributed by atoms with Crippen LogP contribution in [0.25, 0.3) is 0 Å². The minimum absolute atomic E-state index is 0.0836. The summed E-state index contributed by atoms with van der Waals surface area (Å²) in [4.78, 5) is 2.06. The van der Waals surface area contributed by atoms with Crippen LogP contribution in [-0.4, -0.2) is 10.4 Å². The Bertz CT molecular complexity index is 216. The zero-order chi connectivity index (χ0) is 10.3. The molecule has 0 saturated heterocycles. The summed E-state index contributed by atoms with van der Waals surface area (Å²) in [6.07, 6.45) is 11.4. The molecular formula is C12H19N. The van der Waals surface area contributed by atoms with Gasteiger partial charge in [0, 0.05) is 11.7 Å². The maximum Gasteiger partial charge on any atom is 0.0355 e. The second kappa shape index (κ2) is 5.41. The fourth-order valence-electron chi connectivity index (χ4n) is 0.843. The third kappa shape index (κ3) is 5.07. The van der Waals surface area contributed by atoms with Crippen LogP contribution in [0, 0.1) is 0 Å². The molecule has 72 valence electrons. The Morgan fingerprint density at radius 3 is 2.00 bits per heavy atom. The topological polar surface area (TPSA) is 3.24 Å². The fraction of sp³-hybridized carbons (Fsp3) is 0.333. The third-order valence-corrected chi connectivity index (χ3v) is 1.58. The molecule has 0 aliphatic rings. The van der Waals surface area contributed by atoms with Crippen LogP contribution < -0.4 is 0 Å². The summed E-state index contributed by atoms with van der Waals surface area (Å²) in [7, 11) is 0. The Labute approximate surface area is 81.8 Å². The first-order valence-electron chi connectivity index (χ1n) is 4.39. The lowest BCUT2D eigenvalue weighted by Crippen LogP contribution is -2.32. The van der Waals surface area contributed by atoms with Gasteiger partial charge in [0.1, 0.15) is 0 Å². The molecule has 0 heterocycles. The molecule has 0 aliphatic heterocycles. The number of allylic oxidation sites excluding steroid dienone is 4. The van der Waals surface area contributed by atoms with E-state index in [4.69, 9.17) is 0 Å². The van der Waals surface area contributed by atoms with Crippen molar-refractivity contribution in [3.63, 3.8) is 0 Å². The van der Waals surface area contributed by atoms with E-state index in [2.05, 4.69) is 38.8 Å². The summed E-state index contributed by atoms with van der Waals surface area (Å²) in [5.41, 5.74) is 0.0836. The number of rotatable bonds is 4. The van der Waals surface area contributed by atoms with Crippen LogP contribution in [0.15, 0.2) is 49.9 Å². The first-order valence-corrected chi connectivity index (χ1v) is 4.39. The van der Waals surface area contributed by atoms with Gasteiger partial charge < -0.3 is 4.90 Å². The number of nitrogens with zero attached hydrogens (tertiary/aromatic N) is 1. The van der Waals surface area contributed by atoms with Crippen LogP contribution in [0.3, 0.4) is 0 Å². The van der Waals surface area contributed by atoms with E-state index in [1.54, 1.807) is 6.08 Å². The van der Waals surface area contributed by atoms with Crippen LogP contribution in [0.5, 0.6) is 0 Å². The molecule has 0 N–H and O–H groups in total. The molecule has 0 saturated carbocycles. The summed E-state index contributed by atoms with van der Waals surface area (Å²) in [5.74, 6) is 0. The Kier molecular flexibility index (Phi) is 4.90. The van der Waals surface area contributed by atoms with Gasteiger partial charge in [0.15, 0.2) is 0 Å². The molecule has 0 unspecified atom stereocenters. The summed E-state index contributed by atoms with van der Waals surface area (Å²) in [6, 6.07) is 0. The number of hydrogen-bond donors (Lipinski definition) is 0. The lowest BCUT2D eigenvalue weighted by Gasteiger charge is -2.31. The highest BCUT2D eigenvalue weighted by Crippen LogP contribution is 2.13. The molecule has 13 heavy (non-hydrogen) atoms. The third-order valence-electron chi connectivity index (χ3n) is 1.58. The van der Waals surface area contributed by atoms with Gasteiger partial charge in [-0.1, -0.05) is 31.4 Å². The van der Waals surface area contributed by atoms with Crippen LogP contribution in [0.2, 0.25) is 0 Å². The lowest BCUT2D eigenvalue weighted by molar-refractivity contribution is 0.281. The van der Waals surface area contributed by atoms with Crippen molar-refractivity contribution in [2.24, 2.45) is 0 Å². The van der Waals surface area contributed by atoms with E-state index in [1.807, 2.05) is 30.6 Å². The Morgan fingerprint density at radius 2 is 1.62 bits per heavy atom. The molecule has 0 radical (unpaired) electrons. The zero-order valence-corrected chi connectivity index (χ0v) is 8.83. The SMILES string of the molecule is C=C/C=C\C=C/N(C=C)C(C)(C)C. The molecule has 0 fully saturated rings. The van der Waals surface area contributed by atoms with E-state index in [0.717, 1.165) is 0 Å². The molecule has 0 aromatic carbocycles. The predicted octanol–water partition coefficient (Wildman–Crippen LogP) is 3.49. The predicted molar refractivity (Wildman–Crippen MR) is 60.3 cm³/mol. The molecular weight excluding hydrogens is 158 g/mol. The van der Waals surface area contributed by atoms with E-state index < -0.39 is 0 Å². The van der Waals surface area contributed by atoms with Crippen LogP contribution in [-0.2, 0) is 0 Å². The zero-order valence-electron chi connectivity index (χ0n) is 8.83. The minimum Gasteiger partial charge on any atom is -0.350 e. The van der Waals surface area contributed by atoms with E-state index in [0.29, 0.717) is 0 Å². The Balaban J connectivity index is 4.29. The van der Waals surface area contributed by atoms with Gasteiger partial charge in [-0.2, -0.15) is 0 Å². The van der Waals surface area contributed by atoms with Crippen molar-refractivity contribution in [2.45, 2.75) is 26.3 Å². The molecule has 0 rings (SSSR count). The Hall–Kier alpha value is -1.24. The molecule has 0 aliphatic carbocycles. The quantitative estimate of drug-likeness (QED) is 0.594. The normalized spacial score (nSPS) is 12.2. The lowest BCUT2D eigenvalue weighted by atomic mass is 10.1. The monoisotopic (exact) mass is 177 g/mol. The van der Waals surface area contributed by atoms with Gasteiger partial charge >= 0.3 is 0 Å². The Morgan fingerprint density at radius 1 is 1.00 bits per heavy atom. The van der Waals surface area contributed by atoms with E-state index in [9.17, 15) is 0 Å². The van der Waals surface area contributed by atoms with Crippen molar-refractivity contribution in [3.8, 4) is 0 Å². The van der Waals surface area contributed by atoms with Gasteiger partial charge in [-0.3, -0.25) is 0 Å². The summed E-state index contributed by atoms with van der Waals surface area (Å²) < 4.78 is 0. The largest absolute Gasteiger partial charge is 0.350 e. The van der Waals surface area contributed by atoms with Gasteiger partial charge in [-0.15, -0.1) is 0 Å². The molecule has 0 aromatic heterocycles. The second-order valence-electron chi connectivity index (χ2n) is 3.72. The van der Waals surface area contributed by atoms with Crippen molar-refractivity contribution in [1.29, 1.82) is 0 Å². The summed E-state index contributed by atoms with van der Waals surface area (Å²) in [6.45, 7) is 13.8. The van der Waals surface area contributed by atoms with E-state index >= 15 is 0 Å². The van der Waals surface area contributed by atoms with Crippen molar-refractivity contribution < 1.29 is 0 Å². The van der Waals surface area contributed by atoms with Gasteiger partial charge in [0.2, 0.25) is 0 Å². The molecule has 0 amide bonds. The smallest absolute Gasteiger partial charge is 0.0355 e. The van der Waals surface area contributed by atoms with Crippen molar-refractivity contribution in [2.75, 3.05) is 0 Å². The molecule has 0 spiro atoms. The average molecular weight is 177 g/mol. The maximum absolute atomic E-state index is 3.76. The highest BCUT2D eigenvalue weighted by atomic mass is 15.1. The highest BCUT2D eigenvalue weighted by molar-refractivity contribution is 5.10.